The summed E-state index contributed by atoms with van der Waals surface area (Å²) in [7, 11) is 0. The minimum atomic E-state index is -0.859. The number of carbonyl (C=O) groups excluding carboxylic acids is 2. The van der Waals surface area contributed by atoms with E-state index in [-0.39, 0.29) is 24.0 Å². The van der Waals surface area contributed by atoms with Gasteiger partial charge in [-0.25, -0.2) is 0 Å². The third kappa shape index (κ3) is 5.24. The van der Waals surface area contributed by atoms with Crippen molar-refractivity contribution in [2.45, 2.75) is 58.7 Å². The van der Waals surface area contributed by atoms with Crippen molar-refractivity contribution in [3.05, 3.63) is 82.8 Å². The lowest BCUT2D eigenvalue weighted by molar-refractivity contribution is -0.140. The Kier molecular flexibility index (Phi) is 7.63. The Morgan fingerprint density at radius 1 is 1.08 bits per heavy atom. The molecule has 0 saturated carbocycles. The van der Waals surface area contributed by atoms with Crippen molar-refractivity contribution in [2.24, 2.45) is 0 Å². The highest BCUT2D eigenvalue weighted by Crippen LogP contribution is 2.43. The number of carbonyl (C=O) groups is 2. The van der Waals surface area contributed by atoms with Crippen LogP contribution in [0.4, 0.5) is 0 Å². The van der Waals surface area contributed by atoms with Crippen molar-refractivity contribution < 1.29 is 33.3 Å². The number of nitrogens with zero attached hydrogens (tertiary/aromatic N) is 1. The van der Waals surface area contributed by atoms with E-state index in [9.17, 15) is 14.7 Å². The predicted octanol–water partition coefficient (Wildman–Crippen LogP) is 5.80. The fourth-order valence-electron chi connectivity index (χ4n) is 5.09. The normalized spacial score (nSPS) is 19.7. The lowest BCUT2D eigenvalue weighted by atomic mass is 9.94. The van der Waals surface area contributed by atoms with Crippen LogP contribution in [0.1, 0.15) is 62.1 Å². The van der Waals surface area contributed by atoms with E-state index < -0.39 is 17.7 Å². The fourth-order valence-corrected chi connectivity index (χ4v) is 5.09. The van der Waals surface area contributed by atoms with Crippen LogP contribution >= 0.6 is 0 Å². The van der Waals surface area contributed by atoms with E-state index in [4.69, 9.17) is 18.6 Å². The van der Waals surface area contributed by atoms with Gasteiger partial charge in [-0.05, 0) is 73.9 Å². The molecule has 8 heteroatoms. The number of fused-ring (bicyclic) bond motifs is 1. The first-order chi connectivity index (χ1) is 18.9. The lowest BCUT2D eigenvalue weighted by Gasteiger charge is -2.25. The van der Waals surface area contributed by atoms with Crippen molar-refractivity contribution in [3.8, 4) is 17.2 Å². The number of aliphatic hydroxyl groups excluding tert-OH is 1. The Morgan fingerprint density at radius 3 is 2.67 bits per heavy atom. The Balaban J connectivity index is 1.60. The molecule has 5 rings (SSSR count). The summed E-state index contributed by atoms with van der Waals surface area (Å²) in [6.45, 7) is 6.97. The standard InChI is InChI=1S/C31H33NO7/c1-4-6-13-38-25-12-9-20(17-26(25)36-5-2)28-27(30(34)31(35)32(28)18-23-8-7-14-37-23)29(33)21-10-11-24-22(16-21)15-19(3)39-24/h7-12,14,16-17,19,28,33H,4-6,13,15,18H2,1-3H3/t19-,28+/m0/s1. The highest BCUT2D eigenvalue weighted by Gasteiger charge is 2.46. The van der Waals surface area contributed by atoms with Gasteiger partial charge in [-0.1, -0.05) is 19.4 Å². The van der Waals surface area contributed by atoms with Crippen molar-refractivity contribution >= 4 is 17.4 Å². The van der Waals surface area contributed by atoms with Gasteiger partial charge in [0.1, 0.15) is 23.4 Å². The number of rotatable bonds is 10. The molecule has 1 aromatic heterocycles. The maximum atomic E-state index is 13.5. The van der Waals surface area contributed by atoms with E-state index in [0.717, 1.165) is 24.2 Å². The number of unbranched alkanes of at least 4 members (excludes halogenated alkanes) is 1. The second-order valence-electron chi connectivity index (χ2n) is 9.80. The van der Waals surface area contributed by atoms with E-state index in [1.165, 1.54) is 11.2 Å². The number of likely N-dealkylation sites (tertiary alicyclic amines) is 1. The van der Waals surface area contributed by atoms with Gasteiger partial charge in [-0.3, -0.25) is 9.59 Å². The minimum Gasteiger partial charge on any atom is -0.507 e. The Hall–Kier alpha value is -4.20. The fraction of sp³-hybridized carbons (Fsp3) is 0.355. The van der Waals surface area contributed by atoms with Crippen LogP contribution in [0, 0.1) is 0 Å². The summed E-state index contributed by atoms with van der Waals surface area (Å²) >= 11 is 0. The zero-order valence-electron chi connectivity index (χ0n) is 22.4. The molecule has 0 bridgehead atoms. The molecule has 3 heterocycles. The first kappa shape index (κ1) is 26.4. The van der Waals surface area contributed by atoms with Gasteiger partial charge in [-0.2, -0.15) is 0 Å². The molecule has 2 aliphatic heterocycles. The number of ether oxygens (including phenoxy) is 3. The Labute approximate surface area is 227 Å². The van der Waals surface area contributed by atoms with Gasteiger partial charge in [0.05, 0.1) is 37.6 Å². The average molecular weight is 532 g/mol. The van der Waals surface area contributed by atoms with Crippen molar-refractivity contribution in [3.63, 3.8) is 0 Å². The van der Waals surface area contributed by atoms with Gasteiger partial charge in [0, 0.05) is 12.0 Å². The van der Waals surface area contributed by atoms with Crippen LogP contribution < -0.4 is 14.2 Å². The quantitative estimate of drug-likeness (QED) is 0.153. The molecule has 0 radical (unpaired) electrons. The van der Waals surface area contributed by atoms with E-state index in [0.29, 0.717) is 48.0 Å². The largest absolute Gasteiger partial charge is 0.507 e. The number of ketones is 1. The topological polar surface area (TPSA) is 98.4 Å². The molecule has 0 aliphatic carbocycles. The maximum absolute atomic E-state index is 13.5. The van der Waals surface area contributed by atoms with Crippen molar-refractivity contribution in [1.82, 2.24) is 4.90 Å². The molecule has 1 N–H and O–H groups in total. The van der Waals surface area contributed by atoms with Crippen LogP contribution in [0.3, 0.4) is 0 Å². The summed E-state index contributed by atoms with van der Waals surface area (Å²) in [5.41, 5.74) is 2.03. The summed E-state index contributed by atoms with van der Waals surface area (Å²) in [6, 6.07) is 13.3. The molecule has 1 saturated heterocycles. The number of hydrogen-bond donors (Lipinski definition) is 1. The van der Waals surface area contributed by atoms with Crippen LogP contribution in [0.5, 0.6) is 17.2 Å². The predicted molar refractivity (Wildman–Crippen MR) is 145 cm³/mol. The summed E-state index contributed by atoms with van der Waals surface area (Å²) in [5, 5.41) is 11.5. The van der Waals surface area contributed by atoms with Gasteiger partial charge in [-0.15, -0.1) is 0 Å². The molecule has 0 spiro atoms. The monoisotopic (exact) mass is 531 g/mol. The summed E-state index contributed by atoms with van der Waals surface area (Å²) in [4.78, 5) is 28.2. The van der Waals surface area contributed by atoms with Gasteiger partial charge >= 0.3 is 0 Å². The first-order valence-corrected chi connectivity index (χ1v) is 13.4. The van der Waals surface area contributed by atoms with E-state index in [1.807, 2.05) is 19.9 Å². The second kappa shape index (κ2) is 11.3. The number of Topliss-reactive ketones (excluding diaryl/α,β-unsaturated/α-hetero) is 1. The van der Waals surface area contributed by atoms with Crippen LogP contribution in [0.15, 0.2) is 64.8 Å². The molecule has 2 atom stereocenters. The van der Waals surface area contributed by atoms with Crippen LogP contribution in [0.25, 0.3) is 5.76 Å². The zero-order chi connectivity index (χ0) is 27.5. The molecule has 39 heavy (non-hydrogen) atoms. The van der Waals surface area contributed by atoms with Crippen LogP contribution in [-0.2, 0) is 22.6 Å². The van der Waals surface area contributed by atoms with Gasteiger partial charge < -0.3 is 28.6 Å². The molecular formula is C31H33NO7. The first-order valence-electron chi connectivity index (χ1n) is 13.4. The molecule has 204 valence electrons. The van der Waals surface area contributed by atoms with Gasteiger partial charge in [0.25, 0.3) is 11.7 Å². The van der Waals surface area contributed by atoms with Gasteiger partial charge in [0.15, 0.2) is 11.5 Å². The third-order valence-electron chi connectivity index (χ3n) is 6.95. The number of aliphatic hydroxyl groups is 1. The zero-order valence-corrected chi connectivity index (χ0v) is 22.4. The number of benzene rings is 2. The highest BCUT2D eigenvalue weighted by molar-refractivity contribution is 6.46. The molecular weight excluding hydrogens is 498 g/mol. The Morgan fingerprint density at radius 2 is 1.92 bits per heavy atom. The van der Waals surface area contributed by atoms with Gasteiger partial charge in [0.2, 0.25) is 0 Å². The molecule has 3 aromatic rings. The third-order valence-corrected chi connectivity index (χ3v) is 6.95. The second-order valence-corrected chi connectivity index (χ2v) is 9.80. The van der Waals surface area contributed by atoms with E-state index in [2.05, 4.69) is 6.92 Å². The minimum absolute atomic E-state index is 0.0144. The maximum Gasteiger partial charge on any atom is 0.296 e. The number of hydrogen-bond acceptors (Lipinski definition) is 7. The molecule has 1 fully saturated rings. The summed E-state index contributed by atoms with van der Waals surface area (Å²) < 4.78 is 23.1. The molecule has 8 nitrogen and oxygen atoms in total. The van der Waals surface area contributed by atoms with Crippen molar-refractivity contribution in [1.29, 1.82) is 0 Å². The van der Waals surface area contributed by atoms with Crippen molar-refractivity contribution in [2.75, 3.05) is 13.2 Å². The molecule has 1 amide bonds. The molecule has 0 unspecified atom stereocenters. The van der Waals surface area contributed by atoms with E-state index >= 15 is 0 Å². The molecule has 2 aliphatic rings. The average Bonchev–Trinajstić information content (AvgIpc) is 3.63. The molecule has 2 aromatic carbocycles. The highest BCUT2D eigenvalue weighted by atomic mass is 16.5. The van der Waals surface area contributed by atoms with Crippen LogP contribution in [-0.4, -0.2) is 41.0 Å². The smallest absolute Gasteiger partial charge is 0.296 e. The SMILES string of the molecule is CCCCOc1ccc([C@@H]2C(=C(O)c3ccc4c(c3)C[C@H](C)O4)C(=O)C(=O)N2Cc2ccco2)cc1OCC. The summed E-state index contributed by atoms with van der Waals surface area (Å²) in [5.74, 6) is 0.684. The van der Waals surface area contributed by atoms with Crippen LogP contribution in [0.2, 0.25) is 0 Å². The lowest BCUT2D eigenvalue weighted by Crippen LogP contribution is -2.29. The summed E-state index contributed by atoms with van der Waals surface area (Å²) in [6.07, 6.45) is 4.15. The number of amides is 1. The number of furan rings is 1. The van der Waals surface area contributed by atoms with E-state index in [1.54, 1.807) is 42.5 Å². The Bertz CT molecular complexity index is 1390.